The smallest absolute Gasteiger partial charge is 0.405 e. The van der Waals surface area contributed by atoms with Gasteiger partial charge in [-0.1, -0.05) is 24.3 Å². The van der Waals surface area contributed by atoms with Crippen LogP contribution in [0.3, 0.4) is 0 Å². The highest BCUT2D eigenvalue weighted by atomic mass is 19.4. The Morgan fingerprint density at radius 3 is 2.55 bits per heavy atom. The van der Waals surface area contributed by atoms with E-state index in [2.05, 4.69) is 9.84 Å². The molecule has 3 rings (SSSR count). The van der Waals surface area contributed by atoms with Crippen LogP contribution < -0.4 is 10.4 Å². The zero-order chi connectivity index (χ0) is 15.7. The minimum absolute atomic E-state index is 0.118. The van der Waals surface area contributed by atoms with Gasteiger partial charge in [-0.25, -0.2) is 9.48 Å². The Bertz CT molecular complexity index is 867. The molecule has 0 radical (unpaired) electrons. The predicted octanol–water partition coefficient (Wildman–Crippen LogP) is 2.44. The van der Waals surface area contributed by atoms with Gasteiger partial charge in [0.1, 0.15) is 5.75 Å². The van der Waals surface area contributed by atoms with E-state index in [4.69, 9.17) is 0 Å². The lowest BCUT2D eigenvalue weighted by Crippen LogP contribution is -2.23. The topological polar surface area (TPSA) is 48.5 Å². The monoisotopic (exact) mass is 309 g/mol. The fraction of sp³-hybridized carbons (Fsp3) is 0.143. The lowest BCUT2D eigenvalue weighted by atomic mass is 10.2. The van der Waals surface area contributed by atoms with Gasteiger partial charge in [0.15, 0.2) is 5.65 Å². The Kier molecular flexibility index (Phi) is 3.36. The number of alkyl halides is 3. The number of halogens is 3. The fourth-order valence-electron chi connectivity index (χ4n) is 2.09. The minimum Gasteiger partial charge on any atom is -0.405 e. The molecule has 22 heavy (non-hydrogen) atoms. The quantitative estimate of drug-likeness (QED) is 0.746. The average Bonchev–Trinajstić information content (AvgIpc) is 2.77. The average molecular weight is 309 g/mol. The summed E-state index contributed by atoms with van der Waals surface area (Å²) in [4.78, 5) is 12.1. The van der Waals surface area contributed by atoms with Gasteiger partial charge in [-0.3, -0.25) is 4.40 Å². The molecular weight excluding hydrogens is 299 g/mol. The molecule has 0 atom stereocenters. The van der Waals surface area contributed by atoms with E-state index in [0.29, 0.717) is 5.65 Å². The van der Waals surface area contributed by atoms with Crippen molar-refractivity contribution in [2.45, 2.75) is 12.9 Å². The first-order valence-corrected chi connectivity index (χ1v) is 6.32. The first-order valence-electron chi connectivity index (χ1n) is 6.32. The van der Waals surface area contributed by atoms with Crippen LogP contribution in [0, 0.1) is 0 Å². The zero-order valence-corrected chi connectivity index (χ0v) is 11.1. The summed E-state index contributed by atoms with van der Waals surface area (Å²) < 4.78 is 43.6. The van der Waals surface area contributed by atoms with Gasteiger partial charge >= 0.3 is 12.1 Å². The van der Waals surface area contributed by atoms with Crippen LogP contribution >= 0.6 is 0 Å². The Balaban J connectivity index is 1.99. The van der Waals surface area contributed by atoms with Crippen molar-refractivity contribution >= 4 is 5.65 Å². The molecule has 0 N–H and O–H groups in total. The summed E-state index contributed by atoms with van der Waals surface area (Å²) in [6.07, 6.45) is -3.25. The van der Waals surface area contributed by atoms with Crippen molar-refractivity contribution in [3.8, 4) is 5.75 Å². The second kappa shape index (κ2) is 5.21. The first kappa shape index (κ1) is 14.2. The number of hydrogen-bond donors (Lipinski definition) is 0. The van der Waals surface area contributed by atoms with Gasteiger partial charge in [0.05, 0.1) is 6.54 Å². The molecule has 1 aromatic carbocycles. The van der Waals surface area contributed by atoms with Crippen LogP contribution in [0.25, 0.3) is 5.65 Å². The highest BCUT2D eigenvalue weighted by molar-refractivity contribution is 5.37. The molecule has 2 heterocycles. The van der Waals surface area contributed by atoms with Crippen LogP contribution in [0.1, 0.15) is 5.56 Å². The van der Waals surface area contributed by atoms with Gasteiger partial charge in [-0.05, 0) is 18.2 Å². The van der Waals surface area contributed by atoms with E-state index in [1.807, 2.05) is 0 Å². The number of pyridine rings is 1. The summed E-state index contributed by atoms with van der Waals surface area (Å²) in [5.41, 5.74) is 0.199. The molecule has 0 spiro atoms. The molecule has 0 fully saturated rings. The molecule has 2 aromatic heterocycles. The van der Waals surface area contributed by atoms with Crippen LogP contribution in [-0.2, 0) is 6.54 Å². The van der Waals surface area contributed by atoms with Gasteiger partial charge in [0.2, 0.25) is 0 Å². The third-order valence-electron chi connectivity index (χ3n) is 3.01. The summed E-state index contributed by atoms with van der Waals surface area (Å²) in [6, 6.07) is 10.7. The van der Waals surface area contributed by atoms with Crippen molar-refractivity contribution in [1.29, 1.82) is 0 Å². The molecule has 5 nitrogen and oxygen atoms in total. The number of nitrogens with zero attached hydrogens (tertiary/aromatic N) is 3. The SMILES string of the molecule is O=c1n(Cc2ccccc2OC(F)(F)F)nc2ccccn12. The number of rotatable bonds is 3. The number of aromatic nitrogens is 3. The Morgan fingerprint density at radius 1 is 1.09 bits per heavy atom. The molecule has 0 aliphatic heterocycles. The van der Waals surface area contributed by atoms with E-state index in [-0.39, 0.29) is 17.9 Å². The summed E-state index contributed by atoms with van der Waals surface area (Å²) in [7, 11) is 0. The fourth-order valence-corrected chi connectivity index (χ4v) is 2.09. The largest absolute Gasteiger partial charge is 0.573 e. The molecule has 0 saturated heterocycles. The number of ether oxygens (including phenoxy) is 1. The van der Waals surface area contributed by atoms with E-state index in [9.17, 15) is 18.0 Å². The van der Waals surface area contributed by atoms with Gasteiger partial charge in [-0.2, -0.15) is 0 Å². The van der Waals surface area contributed by atoms with Gasteiger partial charge < -0.3 is 4.74 Å². The standard InChI is InChI=1S/C14H10F3N3O2/c15-14(16,17)22-11-6-2-1-5-10(11)9-20-13(21)19-8-4-3-7-12(19)18-20/h1-8H,9H2. The van der Waals surface area contributed by atoms with Gasteiger partial charge in [-0.15, -0.1) is 18.3 Å². The highest BCUT2D eigenvalue weighted by Crippen LogP contribution is 2.26. The minimum atomic E-state index is -4.79. The molecule has 0 aliphatic rings. The lowest BCUT2D eigenvalue weighted by molar-refractivity contribution is -0.274. The summed E-state index contributed by atoms with van der Waals surface area (Å²) in [5, 5.41) is 4.08. The first-order chi connectivity index (χ1) is 10.4. The van der Waals surface area contributed by atoms with Crippen LogP contribution in [-0.4, -0.2) is 20.5 Å². The van der Waals surface area contributed by atoms with Crippen LogP contribution in [0.4, 0.5) is 13.2 Å². The van der Waals surface area contributed by atoms with Crippen molar-refractivity contribution in [2.24, 2.45) is 0 Å². The third-order valence-corrected chi connectivity index (χ3v) is 3.01. The van der Waals surface area contributed by atoms with E-state index in [0.717, 1.165) is 4.68 Å². The maximum Gasteiger partial charge on any atom is 0.573 e. The maximum absolute atomic E-state index is 12.4. The van der Waals surface area contributed by atoms with Crippen LogP contribution in [0.15, 0.2) is 53.5 Å². The Morgan fingerprint density at radius 2 is 1.82 bits per heavy atom. The molecule has 8 heteroatoms. The third kappa shape index (κ3) is 2.80. The number of fused-ring (bicyclic) bond motifs is 1. The Hall–Kier alpha value is -2.77. The van der Waals surface area contributed by atoms with Crippen molar-refractivity contribution in [2.75, 3.05) is 0 Å². The second-order valence-electron chi connectivity index (χ2n) is 4.52. The zero-order valence-electron chi connectivity index (χ0n) is 11.1. The number of benzene rings is 1. The summed E-state index contributed by atoms with van der Waals surface area (Å²) in [5.74, 6) is -0.348. The molecule has 0 saturated carbocycles. The molecule has 0 amide bonds. The van der Waals surface area contributed by atoms with Crippen LogP contribution in [0.2, 0.25) is 0 Å². The summed E-state index contributed by atoms with van der Waals surface area (Å²) >= 11 is 0. The van der Waals surface area contributed by atoms with E-state index < -0.39 is 12.1 Å². The second-order valence-corrected chi connectivity index (χ2v) is 4.52. The van der Waals surface area contributed by atoms with Crippen LogP contribution in [0.5, 0.6) is 5.75 Å². The normalized spacial score (nSPS) is 11.8. The van der Waals surface area contributed by atoms with Crippen molar-refractivity contribution in [3.63, 3.8) is 0 Å². The predicted molar refractivity (Wildman–Crippen MR) is 71.7 cm³/mol. The van der Waals surface area contributed by atoms with Crippen molar-refractivity contribution in [1.82, 2.24) is 14.2 Å². The number of hydrogen-bond acceptors (Lipinski definition) is 3. The van der Waals surface area contributed by atoms with E-state index >= 15 is 0 Å². The van der Waals surface area contributed by atoms with Gasteiger partial charge in [0.25, 0.3) is 0 Å². The molecular formula is C14H10F3N3O2. The Labute approximate surface area is 122 Å². The molecule has 0 bridgehead atoms. The van der Waals surface area contributed by atoms with Crippen molar-refractivity contribution in [3.05, 3.63) is 64.7 Å². The van der Waals surface area contributed by atoms with Crippen molar-refractivity contribution < 1.29 is 17.9 Å². The van der Waals surface area contributed by atoms with Gasteiger partial charge in [0, 0.05) is 11.8 Å². The summed E-state index contributed by atoms with van der Waals surface area (Å²) in [6.45, 7) is -0.118. The molecule has 0 aliphatic carbocycles. The molecule has 0 unspecified atom stereocenters. The molecule has 114 valence electrons. The lowest BCUT2D eigenvalue weighted by Gasteiger charge is -2.12. The van der Waals surface area contributed by atoms with E-state index in [1.54, 1.807) is 30.5 Å². The van der Waals surface area contributed by atoms with E-state index in [1.165, 1.54) is 22.6 Å². The number of para-hydroxylation sites is 1. The maximum atomic E-state index is 12.4. The highest BCUT2D eigenvalue weighted by Gasteiger charge is 2.32. The molecule has 3 aromatic rings.